The van der Waals surface area contributed by atoms with Gasteiger partial charge < -0.3 is 9.88 Å². The van der Waals surface area contributed by atoms with E-state index in [1.807, 2.05) is 35.9 Å². The van der Waals surface area contributed by atoms with Crippen LogP contribution in [0.2, 0.25) is 5.02 Å². The first-order valence-corrected chi connectivity index (χ1v) is 8.90. The molecule has 5 nitrogen and oxygen atoms in total. The highest BCUT2D eigenvalue weighted by atomic mass is 35.5. The van der Waals surface area contributed by atoms with Crippen LogP contribution in [-0.2, 0) is 11.8 Å². The van der Waals surface area contributed by atoms with Crippen molar-refractivity contribution in [2.24, 2.45) is 12.0 Å². The Hall–Kier alpha value is -2.44. The molecule has 0 saturated heterocycles. The molecule has 0 aliphatic heterocycles. The van der Waals surface area contributed by atoms with Gasteiger partial charge in [-0.05, 0) is 24.3 Å². The van der Waals surface area contributed by atoms with E-state index in [1.165, 1.54) is 11.3 Å². The maximum atomic E-state index is 12.1. The van der Waals surface area contributed by atoms with Gasteiger partial charge in [0, 0.05) is 20.0 Å². The minimum Gasteiger partial charge on any atom is -0.351 e. The van der Waals surface area contributed by atoms with Gasteiger partial charge in [0.1, 0.15) is 0 Å². The third kappa shape index (κ3) is 3.97. The number of para-hydroxylation sites is 1. The summed E-state index contributed by atoms with van der Waals surface area (Å²) in [7, 11) is 1.88. The summed E-state index contributed by atoms with van der Waals surface area (Å²) in [4.78, 5) is 28.9. The van der Waals surface area contributed by atoms with Crippen LogP contribution in [0.4, 0.5) is 0 Å². The van der Waals surface area contributed by atoms with Crippen LogP contribution in [0.1, 0.15) is 16.8 Å². The SMILES string of the molecule is Cn1c(=NC(=O)CCNC(=O)c2ccccc2Cl)sc2ccccc21. The van der Waals surface area contributed by atoms with Crippen molar-refractivity contribution in [1.29, 1.82) is 0 Å². The highest BCUT2D eigenvalue weighted by molar-refractivity contribution is 7.16. The van der Waals surface area contributed by atoms with Crippen molar-refractivity contribution in [3.05, 3.63) is 63.9 Å². The lowest BCUT2D eigenvalue weighted by Gasteiger charge is -2.05. The molecule has 0 unspecified atom stereocenters. The van der Waals surface area contributed by atoms with E-state index < -0.39 is 0 Å². The molecule has 128 valence electrons. The van der Waals surface area contributed by atoms with Gasteiger partial charge in [0.2, 0.25) is 5.91 Å². The highest BCUT2D eigenvalue weighted by Crippen LogP contribution is 2.15. The van der Waals surface area contributed by atoms with Crippen LogP contribution in [0.15, 0.2) is 53.5 Å². The number of fused-ring (bicyclic) bond motifs is 1. The number of nitrogens with one attached hydrogen (secondary N) is 1. The summed E-state index contributed by atoms with van der Waals surface area (Å²) in [5, 5.41) is 3.07. The molecule has 2 amide bonds. The van der Waals surface area contributed by atoms with E-state index in [0.717, 1.165) is 10.2 Å². The van der Waals surface area contributed by atoms with Gasteiger partial charge in [-0.1, -0.05) is 47.2 Å². The van der Waals surface area contributed by atoms with Crippen molar-refractivity contribution < 1.29 is 9.59 Å². The number of rotatable bonds is 4. The molecule has 0 aliphatic carbocycles. The molecule has 3 aromatic rings. The van der Waals surface area contributed by atoms with Gasteiger partial charge in [-0.15, -0.1) is 0 Å². The molecular formula is C18H16ClN3O2S. The number of nitrogens with zero attached hydrogens (tertiary/aromatic N) is 2. The highest BCUT2D eigenvalue weighted by Gasteiger charge is 2.10. The molecule has 1 aromatic heterocycles. The molecule has 0 fully saturated rings. The zero-order chi connectivity index (χ0) is 17.8. The fourth-order valence-corrected chi connectivity index (χ4v) is 3.63. The monoisotopic (exact) mass is 373 g/mol. The molecule has 1 N–H and O–H groups in total. The van der Waals surface area contributed by atoms with E-state index in [-0.39, 0.29) is 24.8 Å². The fourth-order valence-electron chi connectivity index (χ4n) is 2.37. The first-order valence-electron chi connectivity index (χ1n) is 7.71. The van der Waals surface area contributed by atoms with Crippen LogP contribution in [0.25, 0.3) is 10.2 Å². The number of thiazole rings is 1. The van der Waals surface area contributed by atoms with Crippen LogP contribution >= 0.6 is 22.9 Å². The molecule has 0 spiro atoms. The number of benzene rings is 2. The molecule has 0 atom stereocenters. The molecule has 2 aromatic carbocycles. The van der Waals surface area contributed by atoms with E-state index in [9.17, 15) is 9.59 Å². The first kappa shape index (κ1) is 17.4. The Bertz CT molecular complexity index is 1010. The summed E-state index contributed by atoms with van der Waals surface area (Å²) in [6, 6.07) is 14.7. The van der Waals surface area contributed by atoms with Crippen LogP contribution in [0.5, 0.6) is 0 Å². The Morgan fingerprint density at radius 3 is 2.64 bits per heavy atom. The van der Waals surface area contributed by atoms with Gasteiger partial charge in [-0.3, -0.25) is 9.59 Å². The Morgan fingerprint density at radius 1 is 1.16 bits per heavy atom. The lowest BCUT2D eigenvalue weighted by molar-refractivity contribution is -0.117. The molecule has 0 radical (unpaired) electrons. The third-order valence-electron chi connectivity index (χ3n) is 3.68. The van der Waals surface area contributed by atoms with Crippen molar-refractivity contribution in [3.8, 4) is 0 Å². The first-order chi connectivity index (χ1) is 12.1. The standard InChI is InChI=1S/C18H16ClN3O2S/c1-22-14-8-4-5-9-15(14)25-18(22)21-16(23)10-11-20-17(24)12-6-2-3-7-13(12)19/h2-9H,10-11H2,1H3,(H,20,24). The summed E-state index contributed by atoms with van der Waals surface area (Å²) in [6.45, 7) is 0.209. The second-order valence-electron chi connectivity index (χ2n) is 5.40. The number of carbonyl (C=O) groups excluding carboxylic acids is 2. The molecule has 3 rings (SSSR count). The van der Waals surface area contributed by atoms with Gasteiger partial charge in [-0.2, -0.15) is 4.99 Å². The minimum atomic E-state index is -0.300. The van der Waals surface area contributed by atoms with Gasteiger partial charge in [-0.25, -0.2) is 0 Å². The second-order valence-corrected chi connectivity index (χ2v) is 6.82. The van der Waals surface area contributed by atoms with Gasteiger partial charge in [0.25, 0.3) is 5.91 Å². The molecule has 25 heavy (non-hydrogen) atoms. The van der Waals surface area contributed by atoms with Crippen LogP contribution in [0.3, 0.4) is 0 Å². The number of hydrogen-bond donors (Lipinski definition) is 1. The zero-order valence-electron chi connectivity index (χ0n) is 13.5. The Kier molecular flexibility index (Phi) is 5.31. The number of aromatic nitrogens is 1. The van der Waals surface area contributed by atoms with Crippen LogP contribution in [0, 0.1) is 0 Å². The average Bonchev–Trinajstić information content (AvgIpc) is 2.91. The molecule has 7 heteroatoms. The van der Waals surface area contributed by atoms with E-state index in [1.54, 1.807) is 24.3 Å². The number of aryl methyl sites for hydroxylation is 1. The number of amides is 2. The molecular weight excluding hydrogens is 358 g/mol. The van der Waals surface area contributed by atoms with Crippen molar-refractivity contribution in [3.63, 3.8) is 0 Å². The molecule has 0 aliphatic rings. The quantitative estimate of drug-likeness (QED) is 0.763. The van der Waals surface area contributed by atoms with E-state index >= 15 is 0 Å². The van der Waals surface area contributed by atoms with Gasteiger partial charge in [0.15, 0.2) is 4.80 Å². The fraction of sp³-hybridized carbons (Fsp3) is 0.167. The smallest absolute Gasteiger partial charge is 0.252 e. The molecule has 1 heterocycles. The van der Waals surface area contributed by atoms with Crippen molar-refractivity contribution in [2.75, 3.05) is 6.54 Å². The lowest BCUT2D eigenvalue weighted by Crippen LogP contribution is -2.26. The van der Waals surface area contributed by atoms with Crippen molar-refractivity contribution in [2.45, 2.75) is 6.42 Å². The van der Waals surface area contributed by atoms with Crippen LogP contribution in [-0.4, -0.2) is 22.9 Å². The predicted molar refractivity (Wildman–Crippen MR) is 99.8 cm³/mol. The van der Waals surface area contributed by atoms with E-state index in [4.69, 9.17) is 11.6 Å². The van der Waals surface area contributed by atoms with Gasteiger partial charge >= 0.3 is 0 Å². The molecule has 0 bridgehead atoms. The predicted octanol–water partition coefficient (Wildman–Crippen LogP) is 3.14. The summed E-state index contributed by atoms with van der Waals surface area (Å²) in [6.07, 6.45) is 0.129. The molecule has 0 saturated carbocycles. The zero-order valence-corrected chi connectivity index (χ0v) is 15.1. The topological polar surface area (TPSA) is 63.5 Å². The van der Waals surface area contributed by atoms with Gasteiger partial charge in [0.05, 0.1) is 20.8 Å². The second kappa shape index (κ2) is 7.63. The number of halogens is 1. The summed E-state index contributed by atoms with van der Waals surface area (Å²) < 4.78 is 2.96. The van der Waals surface area contributed by atoms with Crippen LogP contribution < -0.4 is 10.1 Å². The Balaban J connectivity index is 1.64. The average molecular weight is 374 g/mol. The van der Waals surface area contributed by atoms with Crippen molar-refractivity contribution >= 4 is 45.0 Å². The minimum absolute atomic E-state index is 0.129. The lowest BCUT2D eigenvalue weighted by atomic mass is 10.2. The Morgan fingerprint density at radius 2 is 1.88 bits per heavy atom. The maximum absolute atomic E-state index is 12.1. The number of carbonyl (C=O) groups is 2. The maximum Gasteiger partial charge on any atom is 0.252 e. The largest absolute Gasteiger partial charge is 0.351 e. The van der Waals surface area contributed by atoms with E-state index in [0.29, 0.717) is 15.4 Å². The Labute approximate surface area is 153 Å². The number of hydrogen-bond acceptors (Lipinski definition) is 3. The van der Waals surface area contributed by atoms with E-state index in [2.05, 4.69) is 10.3 Å². The summed E-state index contributed by atoms with van der Waals surface area (Å²) in [5.41, 5.74) is 1.43. The summed E-state index contributed by atoms with van der Waals surface area (Å²) in [5.74, 6) is -0.576. The normalized spacial score (nSPS) is 11.7. The van der Waals surface area contributed by atoms with Crippen molar-refractivity contribution in [1.82, 2.24) is 9.88 Å². The summed E-state index contributed by atoms with van der Waals surface area (Å²) >= 11 is 7.44. The third-order valence-corrected chi connectivity index (χ3v) is 5.12.